The van der Waals surface area contributed by atoms with Gasteiger partial charge in [-0.1, -0.05) is 19.4 Å². The fourth-order valence-corrected chi connectivity index (χ4v) is 2.15. The van der Waals surface area contributed by atoms with Gasteiger partial charge in [0.15, 0.2) is 0 Å². The zero-order valence-electron chi connectivity index (χ0n) is 10.0. The van der Waals surface area contributed by atoms with Crippen molar-refractivity contribution in [3.05, 3.63) is 28.2 Å². The van der Waals surface area contributed by atoms with Crippen molar-refractivity contribution in [2.24, 2.45) is 5.73 Å². The molecule has 3 N–H and O–H groups in total. The summed E-state index contributed by atoms with van der Waals surface area (Å²) >= 11 is 3.40. The average Bonchev–Trinajstić information content (AvgIpc) is 2.28. The summed E-state index contributed by atoms with van der Waals surface area (Å²) in [5.41, 5.74) is 6.88. The van der Waals surface area contributed by atoms with Crippen LogP contribution in [0.2, 0.25) is 0 Å². The molecule has 0 saturated carbocycles. The molecule has 2 atom stereocenters. The summed E-state index contributed by atoms with van der Waals surface area (Å²) in [5, 5.41) is 9.82. The van der Waals surface area contributed by atoms with Crippen LogP contribution in [-0.2, 0) is 0 Å². The van der Waals surface area contributed by atoms with E-state index in [4.69, 9.17) is 10.5 Å². The summed E-state index contributed by atoms with van der Waals surface area (Å²) in [5.74, 6) is 0.765. The van der Waals surface area contributed by atoms with Gasteiger partial charge < -0.3 is 15.6 Å². The summed E-state index contributed by atoms with van der Waals surface area (Å²) in [4.78, 5) is 0. The lowest BCUT2D eigenvalue weighted by molar-refractivity contribution is 0.134. The Kier molecular flexibility index (Phi) is 7.79. The number of hydrogen-bond acceptors (Lipinski definition) is 3. The van der Waals surface area contributed by atoms with Crippen LogP contribution in [0, 0.1) is 0 Å². The van der Waals surface area contributed by atoms with E-state index in [9.17, 15) is 5.11 Å². The molecule has 98 valence electrons. The van der Waals surface area contributed by atoms with Crippen LogP contribution in [0.5, 0.6) is 5.75 Å². The Hall–Kier alpha value is -0.290. The number of nitrogens with two attached hydrogens (primary N) is 1. The molecule has 0 fully saturated rings. The average molecular weight is 325 g/mol. The first kappa shape index (κ1) is 16.7. The SMILES string of the molecule is CCC[C@H](O)[C@H](N)c1ccc(OC)c(Br)c1.Cl. The van der Waals surface area contributed by atoms with Crippen molar-refractivity contribution in [2.75, 3.05) is 7.11 Å². The number of aliphatic hydroxyl groups excluding tert-OH is 1. The van der Waals surface area contributed by atoms with Gasteiger partial charge in [-0.05, 0) is 40.0 Å². The highest BCUT2D eigenvalue weighted by Gasteiger charge is 2.16. The van der Waals surface area contributed by atoms with E-state index in [2.05, 4.69) is 15.9 Å². The maximum atomic E-state index is 9.82. The van der Waals surface area contributed by atoms with E-state index >= 15 is 0 Å². The summed E-state index contributed by atoms with van der Waals surface area (Å²) in [6.45, 7) is 2.03. The van der Waals surface area contributed by atoms with E-state index in [0.717, 1.165) is 22.2 Å². The molecule has 0 aromatic heterocycles. The van der Waals surface area contributed by atoms with Gasteiger partial charge in [-0.25, -0.2) is 0 Å². The normalized spacial score (nSPS) is 13.7. The molecular formula is C12H19BrClNO2. The Morgan fingerprint density at radius 2 is 2.12 bits per heavy atom. The fourth-order valence-electron chi connectivity index (χ4n) is 1.59. The van der Waals surface area contributed by atoms with E-state index in [1.165, 1.54) is 0 Å². The molecule has 0 unspecified atom stereocenters. The molecule has 17 heavy (non-hydrogen) atoms. The second-order valence-electron chi connectivity index (χ2n) is 3.78. The minimum absolute atomic E-state index is 0. The second-order valence-corrected chi connectivity index (χ2v) is 4.63. The number of methoxy groups -OCH3 is 1. The highest BCUT2D eigenvalue weighted by atomic mass is 79.9. The van der Waals surface area contributed by atoms with Crippen molar-refractivity contribution in [2.45, 2.75) is 31.9 Å². The Labute approximate surface area is 117 Å². The quantitative estimate of drug-likeness (QED) is 0.875. The summed E-state index contributed by atoms with van der Waals surface area (Å²) in [6, 6.07) is 5.27. The van der Waals surface area contributed by atoms with Crippen LogP contribution in [0.1, 0.15) is 31.4 Å². The minimum atomic E-state index is -0.495. The Balaban J connectivity index is 0.00000256. The highest BCUT2D eigenvalue weighted by molar-refractivity contribution is 9.10. The summed E-state index contributed by atoms with van der Waals surface area (Å²) in [7, 11) is 1.62. The largest absolute Gasteiger partial charge is 0.496 e. The molecule has 0 bridgehead atoms. The van der Waals surface area contributed by atoms with Gasteiger partial charge in [-0.2, -0.15) is 0 Å². The molecule has 0 amide bonds. The molecule has 3 nitrogen and oxygen atoms in total. The molecule has 0 aliphatic heterocycles. The Bertz CT molecular complexity index is 349. The van der Waals surface area contributed by atoms with Gasteiger partial charge in [0.1, 0.15) is 5.75 Å². The van der Waals surface area contributed by atoms with Crippen LogP contribution in [-0.4, -0.2) is 18.3 Å². The van der Waals surface area contributed by atoms with Crippen molar-refractivity contribution in [3.8, 4) is 5.75 Å². The number of halogens is 2. The van der Waals surface area contributed by atoms with Crippen LogP contribution < -0.4 is 10.5 Å². The molecule has 0 heterocycles. The van der Waals surface area contributed by atoms with Crippen LogP contribution >= 0.6 is 28.3 Å². The van der Waals surface area contributed by atoms with E-state index in [-0.39, 0.29) is 18.4 Å². The van der Waals surface area contributed by atoms with Crippen molar-refractivity contribution < 1.29 is 9.84 Å². The topological polar surface area (TPSA) is 55.5 Å². The van der Waals surface area contributed by atoms with Gasteiger partial charge in [0, 0.05) is 0 Å². The summed E-state index contributed by atoms with van der Waals surface area (Å²) in [6.07, 6.45) is 1.14. The van der Waals surface area contributed by atoms with Crippen molar-refractivity contribution in [1.29, 1.82) is 0 Å². The zero-order valence-corrected chi connectivity index (χ0v) is 12.4. The fraction of sp³-hybridized carbons (Fsp3) is 0.500. The molecule has 1 aromatic carbocycles. The number of rotatable bonds is 5. The molecule has 0 spiro atoms. The van der Waals surface area contributed by atoms with Crippen LogP contribution in [0.4, 0.5) is 0 Å². The zero-order chi connectivity index (χ0) is 12.1. The third-order valence-corrected chi connectivity index (χ3v) is 3.18. The standard InChI is InChI=1S/C12H18BrNO2.ClH/c1-3-4-10(15)12(14)8-5-6-11(16-2)9(13)7-8;/h5-7,10,12,15H,3-4,14H2,1-2H3;1H/t10-,12+;/m0./s1. The number of hydrogen-bond donors (Lipinski definition) is 2. The summed E-state index contributed by atoms with van der Waals surface area (Å²) < 4.78 is 5.99. The maximum Gasteiger partial charge on any atom is 0.133 e. The number of benzene rings is 1. The van der Waals surface area contributed by atoms with Crippen molar-refractivity contribution in [3.63, 3.8) is 0 Å². The predicted octanol–water partition coefficient (Wildman–Crippen LogP) is 3.04. The van der Waals surface area contributed by atoms with Crippen LogP contribution in [0.25, 0.3) is 0 Å². The monoisotopic (exact) mass is 323 g/mol. The van der Waals surface area contributed by atoms with Gasteiger partial charge in [-0.3, -0.25) is 0 Å². The van der Waals surface area contributed by atoms with E-state index in [1.807, 2.05) is 25.1 Å². The first-order chi connectivity index (χ1) is 7.60. The van der Waals surface area contributed by atoms with Crippen molar-refractivity contribution in [1.82, 2.24) is 0 Å². The molecule has 0 radical (unpaired) electrons. The molecule has 1 rings (SSSR count). The van der Waals surface area contributed by atoms with Crippen LogP contribution in [0.3, 0.4) is 0 Å². The predicted molar refractivity (Wildman–Crippen MR) is 75.8 cm³/mol. The Morgan fingerprint density at radius 3 is 2.59 bits per heavy atom. The van der Waals surface area contributed by atoms with Crippen molar-refractivity contribution >= 4 is 28.3 Å². The third-order valence-electron chi connectivity index (χ3n) is 2.56. The lowest BCUT2D eigenvalue weighted by Crippen LogP contribution is -2.25. The number of aliphatic hydroxyl groups is 1. The minimum Gasteiger partial charge on any atom is -0.496 e. The number of ether oxygens (including phenoxy) is 1. The molecule has 0 aliphatic rings. The molecule has 1 aromatic rings. The first-order valence-electron chi connectivity index (χ1n) is 5.37. The lowest BCUT2D eigenvalue weighted by Gasteiger charge is -2.19. The lowest BCUT2D eigenvalue weighted by atomic mass is 9.99. The van der Waals surface area contributed by atoms with Crippen LogP contribution in [0.15, 0.2) is 22.7 Å². The van der Waals surface area contributed by atoms with E-state index in [0.29, 0.717) is 6.42 Å². The van der Waals surface area contributed by atoms with E-state index in [1.54, 1.807) is 7.11 Å². The molecule has 0 aliphatic carbocycles. The van der Waals surface area contributed by atoms with E-state index < -0.39 is 6.10 Å². The van der Waals surface area contributed by atoms with Gasteiger partial charge in [-0.15, -0.1) is 12.4 Å². The van der Waals surface area contributed by atoms with Gasteiger partial charge in [0.2, 0.25) is 0 Å². The highest BCUT2D eigenvalue weighted by Crippen LogP contribution is 2.28. The third kappa shape index (κ3) is 4.47. The molecule has 5 heteroatoms. The smallest absolute Gasteiger partial charge is 0.133 e. The second kappa shape index (κ2) is 7.93. The molecular weight excluding hydrogens is 305 g/mol. The van der Waals surface area contributed by atoms with Gasteiger partial charge in [0.05, 0.1) is 23.7 Å². The molecule has 0 saturated heterocycles. The Morgan fingerprint density at radius 1 is 1.47 bits per heavy atom. The van der Waals surface area contributed by atoms with Gasteiger partial charge in [0.25, 0.3) is 0 Å². The van der Waals surface area contributed by atoms with Gasteiger partial charge >= 0.3 is 0 Å². The maximum absolute atomic E-state index is 9.82. The first-order valence-corrected chi connectivity index (χ1v) is 6.16.